The van der Waals surface area contributed by atoms with Crippen LogP contribution in [0.25, 0.3) is 0 Å². The first-order valence-electron chi connectivity index (χ1n) is 5.37. The molecule has 0 spiro atoms. The largest absolute Gasteiger partial charge is 0.394 e. The molecule has 1 aromatic heterocycles. The van der Waals surface area contributed by atoms with Crippen molar-refractivity contribution in [2.45, 2.75) is 19.3 Å². The quantitative estimate of drug-likeness (QED) is 0.585. The molecule has 17 heavy (non-hydrogen) atoms. The number of H-pyrrole nitrogens is 1. The number of aliphatic hydroxyl groups is 1. The number of nitrogens with zero attached hydrogens (tertiary/aromatic N) is 1. The standard InChI is InChI=1S/C10H15N3O4/c1-5-3-13(10(16)12-8(5)15)9-6(2-11)7(4-14)17-9/h3,6-7,9,14H,2,4,11H2,1H3,(H,12,15,16)/t6-,7-,9-/m1/s1. The Bertz CT molecular complexity index is 521. The zero-order valence-electron chi connectivity index (χ0n) is 9.42. The summed E-state index contributed by atoms with van der Waals surface area (Å²) in [5, 5.41) is 8.99. The van der Waals surface area contributed by atoms with Gasteiger partial charge in [-0.1, -0.05) is 0 Å². The van der Waals surface area contributed by atoms with Crippen LogP contribution in [0.4, 0.5) is 0 Å². The van der Waals surface area contributed by atoms with E-state index in [9.17, 15) is 9.59 Å². The molecule has 7 nitrogen and oxygen atoms in total. The van der Waals surface area contributed by atoms with Crippen molar-refractivity contribution in [2.75, 3.05) is 13.2 Å². The average molecular weight is 241 g/mol. The van der Waals surface area contributed by atoms with Crippen molar-refractivity contribution >= 4 is 0 Å². The van der Waals surface area contributed by atoms with E-state index in [-0.39, 0.29) is 18.6 Å². The van der Waals surface area contributed by atoms with Crippen molar-refractivity contribution in [3.63, 3.8) is 0 Å². The van der Waals surface area contributed by atoms with Gasteiger partial charge < -0.3 is 15.6 Å². The van der Waals surface area contributed by atoms with Crippen LogP contribution in [0.1, 0.15) is 11.8 Å². The number of aliphatic hydroxyl groups excluding tert-OH is 1. The van der Waals surface area contributed by atoms with Gasteiger partial charge in [-0.25, -0.2) is 4.79 Å². The van der Waals surface area contributed by atoms with Gasteiger partial charge in [0.2, 0.25) is 0 Å². The SMILES string of the molecule is Cc1cn([C@@H]2O[C@H](CO)[C@H]2CN)c(=O)[nH]c1=O. The van der Waals surface area contributed by atoms with Crippen LogP contribution in [0, 0.1) is 12.8 Å². The van der Waals surface area contributed by atoms with Crippen molar-refractivity contribution in [3.8, 4) is 0 Å². The number of nitrogens with two attached hydrogens (primary N) is 1. The van der Waals surface area contributed by atoms with E-state index in [1.807, 2.05) is 0 Å². The number of aromatic amines is 1. The highest BCUT2D eigenvalue weighted by Crippen LogP contribution is 2.35. The molecule has 1 saturated heterocycles. The first-order valence-corrected chi connectivity index (χ1v) is 5.37. The van der Waals surface area contributed by atoms with Gasteiger partial charge in [0.1, 0.15) is 6.23 Å². The van der Waals surface area contributed by atoms with Crippen LogP contribution in [0.15, 0.2) is 15.8 Å². The monoisotopic (exact) mass is 241 g/mol. The molecule has 4 N–H and O–H groups in total. The van der Waals surface area contributed by atoms with Crippen LogP contribution in [-0.2, 0) is 4.74 Å². The Balaban J connectivity index is 2.33. The Morgan fingerprint density at radius 2 is 2.29 bits per heavy atom. The molecule has 0 saturated carbocycles. The average Bonchev–Trinajstić information content (AvgIpc) is 2.25. The van der Waals surface area contributed by atoms with Crippen LogP contribution in [0.2, 0.25) is 0 Å². The fourth-order valence-electron chi connectivity index (χ4n) is 1.97. The molecule has 1 aliphatic heterocycles. The molecule has 94 valence electrons. The number of ether oxygens (including phenoxy) is 1. The molecular formula is C10H15N3O4. The highest BCUT2D eigenvalue weighted by atomic mass is 16.5. The van der Waals surface area contributed by atoms with Crippen LogP contribution in [0.5, 0.6) is 0 Å². The molecule has 2 rings (SSSR count). The van der Waals surface area contributed by atoms with Crippen molar-refractivity contribution in [2.24, 2.45) is 11.7 Å². The van der Waals surface area contributed by atoms with E-state index < -0.39 is 17.5 Å². The summed E-state index contributed by atoms with van der Waals surface area (Å²) in [6, 6.07) is 0. The van der Waals surface area contributed by atoms with Crippen LogP contribution >= 0.6 is 0 Å². The van der Waals surface area contributed by atoms with Crippen molar-refractivity contribution in [3.05, 3.63) is 32.6 Å². The summed E-state index contributed by atoms with van der Waals surface area (Å²) >= 11 is 0. The molecule has 1 aliphatic rings. The van der Waals surface area contributed by atoms with Crippen molar-refractivity contribution in [1.29, 1.82) is 0 Å². The van der Waals surface area contributed by atoms with E-state index in [0.717, 1.165) is 0 Å². The number of hydrogen-bond donors (Lipinski definition) is 3. The third-order valence-electron chi connectivity index (χ3n) is 3.03. The molecule has 0 unspecified atom stereocenters. The number of aryl methyl sites for hydroxylation is 1. The molecule has 1 fully saturated rings. The summed E-state index contributed by atoms with van der Waals surface area (Å²) in [7, 11) is 0. The molecule has 7 heteroatoms. The maximum absolute atomic E-state index is 11.6. The second-order valence-electron chi connectivity index (χ2n) is 4.13. The maximum Gasteiger partial charge on any atom is 0.330 e. The smallest absolute Gasteiger partial charge is 0.330 e. The van der Waals surface area contributed by atoms with E-state index in [0.29, 0.717) is 12.1 Å². The summed E-state index contributed by atoms with van der Waals surface area (Å²) < 4.78 is 6.67. The van der Waals surface area contributed by atoms with Crippen LogP contribution in [0.3, 0.4) is 0 Å². The van der Waals surface area contributed by atoms with E-state index in [1.165, 1.54) is 10.8 Å². The van der Waals surface area contributed by atoms with Crippen molar-refractivity contribution in [1.82, 2.24) is 9.55 Å². The Labute approximate surface area is 96.8 Å². The van der Waals surface area contributed by atoms with Gasteiger partial charge in [0, 0.05) is 24.2 Å². The highest BCUT2D eigenvalue weighted by molar-refractivity contribution is 5.03. The number of rotatable bonds is 3. The lowest BCUT2D eigenvalue weighted by molar-refractivity contribution is -0.233. The van der Waals surface area contributed by atoms with E-state index in [2.05, 4.69) is 4.98 Å². The lowest BCUT2D eigenvalue weighted by Crippen LogP contribution is -2.54. The van der Waals surface area contributed by atoms with Crippen LogP contribution in [-0.4, -0.2) is 33.9 Å². The Morgan fingerprint density at radius 1 is 1.59 bits per heavy atom. The zero-order valence-corrected chi connectivity index (χ0v) is 9.42. The van der Waals surface area contributed by atoms with Gasteiger partial charge in [0.15, 0.2) is 0 Å². The third kappa shape index (κ3) is 1.92. The van der Waals surface area contributed by atoms with Gasteiger partial charge in [-0.15, -0.1) is 0 Å². The number of aromatic nitrogens is 2. The van der Waals surface area contributed by atoms with Crippen LogP contribution < -0.4 is 17.0 Å². The van der Waals surface area contributed by atoms with Gasteiger partial charge in [0.05, 0.1) is 12.7 Å². The molecule has 0 radical (unpaired) electrons. The summed E-state index contributed by atoms with van der Waals surface area (Å²) in [4.78, 5) is 25.0. The normalized spacial score (nSPS) is 27.8. The Kier molecular flexibility index (Phi) is 3.14. The van der Waals surface area contributed by atoms with E-state index in [4.69, 9.17) is 15.6 Å². The maximum atomic E-state index is 11.6. The van der Waals surface area contributed by atoms with Gasteiger partial charge >= 0.3 is 5.69 Å². The molecule has 1 aromatic rings. The van der Waals surface area contributed by atoms with Gasteiger partial charge in [-0.2, -0.15) is 0 Å². The molecular weight excluding hydrogens is 226 g/mol. The fourth-order valence-corrected chi connectivity index (χ4v) is 1.97. The van der Waals surface area contributed by atoms with Gasteiger partial charge in [-0.3, -0.25) is 14.3 Å². The summed E-state index contributed by atoms with van der Waals surface area (Å²) in [5.74, 6) is -0.122. The first-order chi connectivity index (χ1) is 8.08. The first kappa shape index (κ1) is 12.0. The second-order valence-corrected chi connectivity index (χ2v) is 4.13. The molecule has 0 aromatic carbocycles. The van der Waals surface area contributed by atoms with Gasteiger partial charge in [0.25, 0.3) is 5.56 Å². The molecule has 3 atom stereocenters. The molecule has 0 aliphatic carbocycles. The van der Waals surface area contributed by atoms with E-state index in [1.54, 1.807) is 6.92 Å². The minimum Gasteiger partial charge on any atom is -0.394 e. The summed E-state index contributed by atoms with van der Waals surface area (Å²) in [6.07, 6.45) is 0.589. The lowest BCUT2D eigenvalue weighted by atomic mass is 9.94. The predicted molar refractivity (Wildman–Crippen MR) is 59.6 cm³/mol. The summed E-state index contributed by atoms with van der Waals surface area (Å²) in [5.41, 5.74) is 5.06. The number of hydrogen-bond acceptors (Lipinski definition) is 5. The topological polar surface area (TPSA) is 110 Å². The predicted octanol–water partition coefficient (Wildman–Crippen LogP) is -1.69. The lowest BCUT2D eigenvalue weighted by Gasteiger charge is -2.43. The minimum absolute atomic E-state index is 0.122. The third-order valence-corrected chi connectivity index (χ3v) is 3.03. The Morgan fingerprint density at radius 3 is 2.88 bits per heavy atom. The molecule has 0 bridgehead atoms. The van der Waals surface area contributed by atoms with E-state index >= 15 is 0 Å². The number of nitrogens with one attached hydrogen (secondary N) is 1. The highest BCUT2D eigenvalue weighted by Gasteiger charge is 2.42. The zero-order chi connectivity index (χ0) is 12.6. The molecule has 2 heterocycles. The minimum atomic E-state index is -0.527. The Hall–Kier alpha value is -1.44. The molecule has 0 amide bonds. The van der Waals surface area contributed by atoms with Gasteiger partial charge in [-0.05, 0) is 6.92 Å². The van der Waals surface area contributed by atoms with Crippen molar-refractivity contribution < 1.29 is 9.84 Å². The fraction of sp³-hybridized carbons (Fsp3) is 0.600. The summed E-state index contributed by atoms with van der Waals surface area (Å²) in [6.45, 7) is 1.78. The second kappa shape index (κ2) is 4.44.